The third kappa shape index (κ3) is 4.46. The predicted molar refractivity (Wildman–Crippen MR) is 107 cm³/mol. The summed E-state index contributed by atoms with van der Waals surface area (Å²) in [6.07, 6.45) is 0. The Balaban J connectivity index is 1.72. The van der Waals surface area contributed by atoms with Gasteiger partial charge >= 0.3 is 0 Å². The van der Waals surface area contributed by atoms with Crippen LogP contribution in [0.3, 0.4) is 0 Å². The fourth-order valence-corrected chi connectivity index (χ4v) is 3.86. The lowest BCUT2D eigenvalue weighted by Crippen LogP contribution is -2.14. The van der Waals surface area contributed by atoms with E-state index in [9.17, 15) is 4.79 Å². The number of aryl methyl sites for hydroxylation is 2. The number of rotatable bonds is 4. The van der Waals surface area contributed by atoms with Gasteiger partial charge in [0, 0.05) is 21.1 Å². The smallest absolute Gasteiger partial charge is 0.234 e. The maximum absolute atomic E-state index is 12.2. The van der Waals surface area contributed by atoms with Gasteiger partial charge in [-0.05, 0) is 49.2 Å². The zero-order valence-corrected chi connectivity index (χ0v) is 16.1. The standard InChI is InChI=1S/C19H16Cl2N2OS/c1-11-4-3-5-16-12(2)6-18(23-19(11)16)25-10-17(24)22-15-8-13(20)7-14(21)9-15/h3-9H,10H2,1-2H3,(H,22,24). The van der Waals surface area contributed by atoms with Crippen molar-refractivity contribution in [2.45, 2.75) is 18.9 Å². The molecule has 0 aliphatic rings. The lowest BCUT2D eigenvalue weighted by Gasteiger charge is -2.09. The summed E-state index contributed by atoms with van der Waals surface area (Å²) in [6.45, 7) is 4.10. The zero-order valence-electron chi connectivity index (χ0n) is 13.8. The van der Waals surface area contributed by atoms with Gasteiger partial charge in [-0.2, -0.15) is 0 Å². The van der Waals surface area contributed by atoms with Gasteiger partial charge in [0.05, 0.1) is 16.3 Å². The first-order valence-corrected chi connectivity index (χ1v) is 9.42. The number of anilines is 1. The van der Waals surface area contributed by atoms with E-state index in [1.807, 2.05) is 25.1 Å². The topological polar surface area (TPSA) is 42.0 Å². The summed E-state index contributed by atoms with van der Waals surface area (Å²) in [6, 6.07) is 13.1. The largest absolute Gasteiger partial charge is 0.325 e. The van der Waals surface area contributed by atoms with E-state index in [0.717, 1.165) is 27.1 Å². The third-order valence-corrected chi connectivity index (χ3v) is 5.07. The molecule has 0 radical (unpaired) electrons. The van der Waals surface area contributed by atoms with Gasteiger partial charge in [0.25, 0.3) is 0 Å². The molecule has 0 aliphatic heterocycles. The van der Waals surface area contributed by atoms with Crippen LogP contribution in [0.1, 0.15) is 11.1 Å². The fourth-order valence-electron chi connectivity index (χ4n) is 2.57. The van der Waals surface area contributed by atoms with E-state index in [-0.39, 0.29) is 11.7 Å². The highest BCUT2D eigenvalue weighted by atomic mass is 35.5. The van der Waals surface area contributed by atoms with E-state index in [0.29, 0.717) is 15.7 Å². The van der Waals surface area contributed by atoms with Crippen LogP contribution in [0.2, 0.25) is 10.0 Å². The summed E-state index contributed by atoms with van der Waals surface area (Å²) in [4.78, 5) is 16.9. The highest BCUT2D eigenvalue weighted by Crippen LogP contribution is 2.26. The summed E-state index contributed by atoms with van der Waals surface area (Å²) < 4.78 is 0. The number of hydrogen-bond donors (Lipinski definition) is 1. The van der Waals surface area contributed by atoms with Crippen molar-refractivity contribution in [3.05, 3.63) is 63.6 Å². The number of carbonyl (C=O) groups excluding carboxylic acids is 1. The monoisotopic (exact) mass is 390 g/mol. The number of halogens is 2. The minimum absolute atomic E-state index is 0.132. The van der Waals surface area contributed by atoms with Crippen LogP contribution in [0.15, 0.2) is 47.5 Å². The van der Waals surface area contributed by atoms with Crippen molar-refractivity contribution in [3.63, 3.8) is 0 Å². The Morgan fingerprint density at radius 1 is 1.08 bits per heavy atom. The zero-order chi connectivity index (χ0) is 18.0. The second-order valence-electron chi connectivity index (χ2n) is 5.74. The molecule has 0 unspecified atom stereocenters. The van der Waals surface area contributed by atoms with Crippen molar-refractivity contribution in [2.24, 2.45) is 0 Å². The minimum atomic E-state index is -0.132. The van der Waals surface area contributed by atoms with E-state index < -0.39 is 0 Å². The quantitative estimate of drug-likeness (QED) is 0.564. The molecule has 1 heterocycles. The molecule has 1 amide bonds. The lowest BCUT2D eigenvalue weighted by molar-refractivity contribution is -0.113. The molecular formula is C19H16Cl2N2OS. The number of pyridine rings is 1. The van der Waals surface area contributed by atoms with E-state index in [4.69, 9.17) is 23.2 Å². The van der Waals surface area contributed by atoms with Gasteiger partial charge in [-0.15, -0.1) is 0 Å². The summed E-state index contributed by atoms with van der Waals surface area (Å²) in [5.41, 5.74) is 3.84. The maximum Gasteiger partial charge on any atom is 0.234 e. The SMILES string of the molecule is Cc1cc(SCC(=O)Nc2cc(Cl)cc(Cl)c2)nc2c(C)cccc12. The van der Waals surface area contributed by atoms with Crippen molar-refractivity contribution in [1.29, 1.82) is 0 Å². The molecule has 3 nitrogen and oxygen atoms in total. The minimum Gasteiger partial charge on any atom is -0.325 e. The average Bonchev–Trinajstić information content (AvgIpc) is 2.53. The number of benzene rings is 2. The number of thioether (sulfide) groups is 1. The number of aromatic nitrogens is 1. The van der Waals surface area contributed by atoms with Gasteiger partial charge < -0.3 is 5.32 Å². The van der Waals surface area contributed by atoms with Crippen LogP contribution in [0.4, 0.5) is 5.69 Å². The highest BCUT2D eigenvalue weighted by molar-refractivity contribution is 7.99. The van der Waals surface area contributed by atoms with Crippen LogP contribution < -0.4 is 5.32 Å². The molecule has 0 saturated carbocycles. The molecule has 0 fully saturated rings. The van der Waals surface area contributed by atoms with Gasteiger partial charge in [0.2, 0.25) is 5.91 Å². The van der Waals surface area contributed by atoms with Crippen molar-refractivity contribution in [1.82, 2.24) is 4.98 Å². The molecule has 0 bridgehead atoms. The summed E-state index contributed by atoms with van der Waals surface area (Å²) in [5.74, 6) is 0.126. The Morgan fingerprint density at radius 3 is 2.52 bits per heavy atom. The Morgan fingerprint density at radius 2 is 1.80 bits per heavy atom. The van der Waals surface area contributed by atoms with Crippen LogP contribution in [-0.4, -0.2) is 16.6 Å². The fraction of sp³-hybridized carbons (Fsp3) is 0.158. The van der Waals surface area contributed by atoms with E-state index >= 15 is 0 Å². The normalized spacial score (nSPS) is 10.9. The average molecular weight is 391 g/mol. The molecule has 3 rings (SSSR count). The van der Waals surface area contributed by atoms with Crippen molar-refractivity contribution >= 4 is 57.5 Å². The second-order valence-corrected chi connectivity index (χ2v) is 7.61. The third-order valence-electron chi connectivity index (χ3n) is 3.72. The molecule has 0 atom stereocenters. The van der Waals surface area contributed by atoms with Gasteiger partial charge in [0.1, 0.15) is 0 Å². The van der Waals surface area contributed by atoms with Gasteiger partial charge in [-0.25, -0.2) is 4.98 Å². The van der Waals surface area contributed by atoms with Crippen LogP contribution in [0, 0.1) is 13.8 Å². The summed E-state index contributed by atoms with van der Waals surface area (Å²) in [7, 11) is 0. The first-order chi connectivity index (χ1) is 11.9. The summed E-state index contributed by atoms with van der Waals surface area (Å²) >= 11 is 13.3. The van der Waals surface area contributed by atoms with Crippen LogP contribution in [0.25, 0.3) is 10.9 Å². The molecule has 0 aliphatic carbocycles. The molecule has 1 aromatic heterocycles. The van der Waals surface area contributed by atoms with E-state index in [1.54, 1.807) is 18.2 Å². The molecule has 0 saturated heterocycles. The Kier molecular flexibility index (Phi) is 5.52. The van der Waals surface area contributed by atoms with Crippen LogP contribution >= 0.6 is 35.0 Å². The van der Waals surface area contributed by atoms with Gasteiger partial charge in [0.15, 0.2) is 0 Å². The molecular weight excluding hydrogens is 375 g/mol. The number of amides is 1. The highest BCUT2D eigenvalue weighted by Gasteiger charge is 2.09. The van der Waals surface area contributed by atoms with Crippen molar-refractivity contribution < 1.29 is 4.79 Å². The lowest BCUT2D eigenvalue weighted by atomic mass is 10.1. The van der Waals surface area contributed by atoms with Gasteiger partial charge in [-0.1, -0.05) is 53.2 Å². The number of fused-ring (bicyclic) bond motifs is 1. The number of nitrogens with one attached hydrogen (secondary N) is 1. The molecule has 1 N–H and O–H groups in total. The number of carbonyl (C=O) groups is 1. The summed E-state index contributed by atoms with van der Waals surface area (Å²) in [5, 5.41) is 5.74. The molecule has 2 aromatic carbocycles. The molecule has 3 aromatic rings. The van der Waals surface area contributed by atoms with Crippen molar-refractivity contribution in [3.8, 4) is 0 Å². The predicted octanol–water partition coefficient (Wildman–Crippen LogP) is 5.89. The van der Waals surface area contributed by atoms with Gasteiger partial charge in [-0.3, -0.25) is 4.79 Å². The molecule has 128 valence electrons. The van der Waals surface area contributed by atoms with E-state index in [2.05, 4.69) is 23.3 Å². The van der Waals surface area contributed by atoms with E-state index in [1.165, 1.54) is 11.8 Å². The van der Waals surface area contributed by atoms with Crippen LogP contribution in [0.5, 0.6) is 0 Å². The Labute approximate surface area is 160 Å². The maximum atomic E-state index is 12.2. The van der Waals surface area contributed by atoms with Crippen LogP contribution in [-0.2, 0) is 4.79 Å². The first kappa shape index (κ1) is 18.1. The Hall–Kier alpha value is -1.75. The number of nitrogens with zero attached hydrogens (tertiary/aromatic N) is 1. The first-order valence-electron chi connectivity index (χ1n) is 7.68. The number of hydrogen-bond acceptors (Lipinski definition) is 3. The second kappa shape index (κ2) is 7.65. The number of para-hydroxylation sites is 1. The molecule has 0 spiro atoms. The molecule has 6 heteroatoms. The van der Waals surface area contributed by atoms with Crippen molar-refractivity contribution in [2.75, 3.05) is 11.1 Å². The Bertz CT molecular complexity index is 939. The molecule has 25 heavy (non-hydrogen) atoms.